The summed E-state index contributed by atoms with van der Waals surface area (Å²) < 4.78 is 5.65. The van der Waals surface area contributed by atoms with E-state index < -0.39 is 0 Å². The van der Waals surface area contributed by atoms with E-state index in [0.717, 1.165) is 30.3 Å². The Morgan fingerprint density at radius 3 is 2.73 bits per heavy atom. The fourth-order valence-electron chi connectivity index (χ4n) is 4.78. The highest BCUT2D eigenvalue weighted by Gasteiger charge is 2.34. The van der Waals surface area contributed by atoms with E-state index in [-0.39, 0.29) is 17.5 Å². The Morgan fingerprint density at radius 1 is 1.15 bits per heavy atom. The molecule has 26 heavy (non-hydrogen) atoms. The summed E-state index contributed by atoms with van der Waals surface area (Å²) in [5, 5.41) is 3.74. The van der Waals surface area contributed by atoms with Crippen LogP contribution < -0.4 is 10.2 Å². The van der Waals surface area contributed by atoms with E-state index in [4.69, 9.17) is 4.42 Å². The molecule has 2 aromatic rings. The quantitative estimate of drug-likeness (QED) is 0.829. The third kappa shape index (κ3) is 3.40. The maximum absolute atomic E-state index is 12.7. The van der Waals surface area contributed by atoms with Gasteiger partial charge in [-0.2, -0.15) is 0 Å². The zero-order valence-electron chi connectivity index (χ0n) is 15.3. The van der Waals surface area contributed by atoms with Gasteiger partial charge in [-0.1, -0.05) is 25.0 Å². The Hall–Kier alpha value is -2.14. The van der Waals surface area contributed by atoms with E-state index >= 15 is 0 Å². The predicted octanol–water partition coefficient (Wildman–Crippen LogP) is 2.67. The van der Waals surface area contributed by atoms with Gasteiger partial charge in [-0.25, -0.2) is 0 Å². The van der Waals surface area contributed by atoms with Gasteiger partial charge < -0.3 is 14.6 Å². The molecule has 138 valence electrons. The summed E-state index contributed by atoms with van der Waals surface area (Å²) in [6.07, 6.45) is 6.63. The number of ketones is 1. The number of hydrogen-bond acceptors (Lipinski definition) is 3. The minimum Gasteiger partial charge on any atom is -0.451 e. The highest BCUT2D eigenvalue weighted by molar-refractivity contribution is 6.10. The molecule has 2 heterocycles. The lowest BCUT2D eigenvalue weighted by atomic mass is 9.75. The van der Waals surface area contributed by atoms with Crippen LogP contribution in [0.15, 0.2) is 28.7 Å². The molecule has 1 aromatic heterocycles. The van der Waals surface area contributed by atoms with Crippen molar-refractivity contribution in [3.05, 3.63) is 30.0 Å². The lowest BCUT2D eigenvalue weighted by molar-refractivity contribution is -0.902. The monoisotopic (exact) mass is 355 g/mol. The van der Waals surface area contributed by atoms with Gasteiger partial charge in [0.15, 0.2) is 18.1 Å². The molecule has 1 saturated heterocycles. The minimum absolute atomic E-state index is 0.0386. The van der Waals surface area contributed by atoms with Gasteiger partial charge in [0, 0.05) is 18.2 Å². The lowest BCUT2D eigenvalue weighted by Gasteiger charge is -2.38. The molecule has 1 aliphatic carbocycles. The van der Waals surface area contributed by atoms with E-state index in [0.29, 0.717) is 17.8 Å². The molecular formula is C21H27N2O3+. The number of quaternary nitrogens is 1. The van der Waals surface area contributed by atoms with Crippen molar-refractivity contribution in [2.45, 2.75) is 39.0 Å². The van der Waals surface area contributed by atoms with Gasteiger partial charge in [0.2, 0.25) is 0 Å². The lowest BCUT2D eigenvalue weighted by Crippen LogP contribution is -3.15. The number of piperidine rings is 1. The second-order valence-electron chi connectivity index (χ2n) is 7.88. The highest BCUT2D eigenvalue weighted by Crippen LogP contribution is 2.33. The van der Waals surface area contributed by atoms with Crippen LogP contribution in [0.2, 0.25) is 0 Å². The molecule has 5 nitrogen and oxygen atoms in total. The van der Waals surface area contributed by atoms with Crippen LogP contribution >= 0.6 is 0 Å². The molecule has 1 aromatic carbocycles. The van der Waals surface area contributed by atoms with Crippen LogP contribution in [0.25, 0.3) is 11.0 Å². The zero-order chi connectivity index (χ0) is 18.1. The number of likely N-dealkylation sites (tertiary alicyclic amines) is 1. The van der Waals surface area contributed by atoms with Gasteiger partial charge >= 0.3 is 0 Å². The number of benzene rings is 1. The Labute approximate surface area is 153 Å². The van der Waals surface area contributed by atoms with E-state index in [9.17, 15) is 9.59 Å². The SMILES string of the molecule is CC(=O)c1oc2ccccc2c1NC(=O)C[NH+]1CC[C@@H]2CCCC[C@@H]2C1. The van der Waals surface area contributed by atoms with Crippen molar-refractivity contribution in [3.63, 3.8) is 0 Å². The van der Waals surface area contributed by atoms with Crippen LogP contribution in [0.3, 0.4) is 0 Å². The van der Waals surface area contributed by atoms with E-state index in [1.807, 2.05) is 24.3 Å². The number of furan rings is 1. The topological polar surface area (TPSA) is 63.8 Å². The number of fused-ring (bicyclic) bond motifs is 2. The first-order valence-corrected chi connectivity index (χ1v) is 9.77. The summed E-state index contributed by atoms with van der Waals surface area (Å²) >= 11 is 0. The number of carbonyl (C=O) groups excluding carboxylic acids is 2. The second-order valence-corrected chi connectivity index (χ2v) is 7.88. The molecule has 0 spiro atoms. The summed E-state index contributed by atoms with van der Waals surface area (Å²) in [6.45, 7) is 4.09. The molecule has 4 rings (SSSR count). The van der Waals surface area contributed by atoms with Crippen molar-refractivity contribution in [1.82, 2.24) is 0 Å². The fraction of sp³-hybridized carbons (Fsp3) is 0.524. The van der Waals surface area contributed by atoms with E-state index in [2.05, 4.69) is 5.32 Å². The Bertz CT molecular complexity index is 826. The number of hydrogen-bond donors (Lipinski definition) is 2. The summed E-state index contributed by atoms with van der Waals surface area (Å²) in [6, 6.07) is 7.44. The molecule has 3 atom stereocenters. The van der Waals surface area contributed by atoms with Crippen molar-refractivity contribution in [1.29, 1.82) is 0 Å². The molecule has 1 aliphatic heterocycles. The van der Waals surface area contributed by atoms with Crippen LogP contribution in [0.5, 0.6) is 0 Å². The molecule has 5 heteroatoms. The van der Waals surface area contributed by atoms with Crippen molar-refractivity contribution in [2.24, 2.45) is 11.8 Å². The number of rotatable bonds is 4. The molecule has 0 bridgehead atoms. The van der Waals surface area contributed by atoms with Crippen molar-refractivity contribution >= 4 is 28.3 Å². The maximum atomic E-state index is 12.7. The average Bonchev–Trinajstić information content (AvgIpc) is 3.00. The van der Waals surface area contributed by atoms with Crippen LogP contribution in [0, 0.1) is 11.8 Å². The van der Waals surface area contributed by atoms with E-state index in [1.165, 1.54) is 43.9 Å². The van der Waals surface area contributed by atoms with Crippen molar-refractivity contribution in [3.8, 4) is 0 Å². The minimum atomic E-state index is -0.174. The van der Waals surface area contributed by atoms with Crippen LogP contribution in [-0.2, 0) is 4.79 Å². The Morgan fingerprint density at radius 2 is 1.92 bits per heavy atom. The standard InChI is InChI=1S/C21H26N2O3/c1-14(24)21-20(17-8-4-5-9-18(17)26-21)22-19(25)13-23-11-10-15-6-2-3-7-16(15)12-23/h4-5,8-9,15-16H,2-3,6-7,10-13H2,1H3,(H,22,25)/p+1/t15-,16+/m0/s1. The van der Waals surface area contributed by atoms with Gasteiger partial charge in [0.1, 0.15) is 5.58 Å². The second kappa shape index (κ2) is 7.23. The number of carbonyl (C=O) groups is 2. The van der Waals surface area contributed by atoms with Crippen molar-refractivity contribution in [2.75, 3.05) is 25.0 Å². The van der Waals surface area contributed by atoms with Crippen LogP contribution in [0.4, 0.5) is 5.69 Å². The molecule has 0 radical (unpaired) electrons. The smallest absolute Gasteiger partial charge is 0.279 e. The van der Waals surface area contributed by atoms with Gasteiger partial charge in [-0.15, -0.1) is 0 Å². The Kier molecular flexibility index (Phi) is 4.81. The molecule has 2 fully saturated rings. The van der Waals surface area contributed by atoms with Gasteiger partial charge in [0.05, 0.1) is 18.8 Å². The van der Waals surface area contributed by atoms with E-state index in [1.54, 1.807) is 0 Å². The molecule has 1 unspecified atom stereocenters. The van der Waals surface area contributed by atoms with Crippen molar-refractivity contribution < 1.29 is 18.9 Å². The van der Waals surface area contributed by atoms with Gasteiger partial charge in [-0.05, 0) is 37.3 Å². The average molecular weight is 355 g/mol. The van der Waals surface area contributed by atoms with Gasteiger partial charge in [0.25, 0.3) is 5.91 Å². The molecule has 1 amide bonds. The summed E-state index contributed by atoms with van der Waals surface area (Å²) in [5.41, 5.74) is 1.15. The molecule has 2 aliphatic rings. The number of Topliss-reactive ketones (excluding diaryl/α,β-unsaturated/α-hetero) is 1. The fourth-order valence-corrected chi connectivity index (χ4v) is 4.78. The van der Waals surface area contributed by atoms with Gasteiger partial charge in [-0.3, -0.25) is 9.59 Å². The number of amides is 1. The molecular weight excluding hydrogens is 328 g/mol. The summed E-state index contributed by atoms with van der Waals surface area (Å²) in [5.74, 6) is 1.68. The van der Waals surface area contributed by atoms with Crippen LogP contribution in [-0.4, -0.2) is 31.3 Å². The first-order chi connectivity index (χ1) is 12.6. The normalized spacial score (nSPS) is 25.7. The van der Waals surface area contributed by atoms with Crippen LogP contribution in [0.1, 0.15) is 49.6 Å². The zero-order valence-corrected chi connectivity index (χ0v) is 15.3. The molecule has 2 N–H and O–H groups in total. The third-order valence-corrected chi connectivity index (χ3v) is 6.08. The number of anilines is 1. The first kappa shape index (κ1) is 17.3. The maximum Gasteiger partial charge on any atom is 0.279 e. The molecule has 1 saturated carbocycles. The highest BCUT2D eigenvalue weighted by atomic mass is 16.3. The summed E-state index contributed by atoms with van der Waals surface area (Å²) in [4.78, 5) is 26.0. The summed E-state index contributed by atoms with van der Waals surface area (Å²) in [7, 11) is 0. The largest absolute Gasteiger partial charge is 0.451 e. The Balaban J connectivity index is 1.46. The predicted molar refractivity (Wildman–Crippen MR) is 100 cm³/mol. The number of para-hydroxylation sites is 1. The first-order valence-electron chi connectivity index (χ1n) is 9.77. The number of nitrogens with one attached hydrogen (secondary N) is 2. The third-order valence-electron chi connectivity index (χ3n) is 6.08.